The minimum atomic E-state index is 0.685. The molecule has 4 rings (SSSR count). The lowest BCUT2D eigenvalue weighted by molar-refractivity contribution is 0.703. The van der Waals surface area contributed by atoms with Crippen LogP contribution in [-0.4, -0.2) is 29.3 Å². The van der Waals surface area contributed by atoms with Crippen LogP contribution in [0.4, 0.5) is 0 Å². The smallest absolute Gasteiger partial charge is 0.163 e. The molecule has 102 valence electrons. The Morgan fingerprint density at radius 3 is 2.76 bits per heavy atom. The Balaban J connectivity index is 1.81. The molecular formula is C15H12N6. The Hall–Kier alpha value is -3.02. The molecule has 0 saturated heterocycles. The fraction of sp³-hybridized carbons (Fsp3) is 0.0667. The van der Waals surface area contributed by atoms with E-state index < -0.39 is 0 Å². The van der Waals surface area contributed by atoms with Crippen LogP contribution in [0.25, 0.3) is 16.9 Å². The Labute approximate surface area is 120 Å². The molecule has 0 aliphatic rings. The fourth-order valence-corrected chi connectivity index (χ4v) is 2.34. The van der Waals surface area contributed by atoms with Crippen molar-refractivity contribution in [3.05, 3.63) is 67.1 Å². The van der Waals surface area contributed by atoms with Gasteiger partial charge in [-0.1, -0.05) is 30.3 Å². The highest BCUT2D eigenvalue weighted by molar-refractivity contribution is 5.81. The summed E-state index contributed by atoms with van der Waals surface area (Å²) in [6, 6.07) is 10.2. The van der Waals surface area contributed by atoms with Crippen molar-refractivity contribution < 1.29 is 0 Å². The minimum absolute atomic E-state index is 0.685. The Morgan fingerprint density at radius 2 is 1.95 bits per heavy atom. The van der Waals surface area contributed by atoms with Gasteiger partial charge in [0.05, 0.1) is 18.1 Å². The summed E-state index contributed by atoms with van der Waals surface area (Å²) in [5, 5.41) is 5.35. The van der Waals surface area contributed by atoms with Crippen LogP contribution in [0.2, 0.25) is 0 Å². The summed E-state index contributed by atoms with van der Waals surface area (Å²) >= 11 is 0. The lowest BCUT2D eigenvalue weighted by atomic mass is 10.2. The molecule has 6 nitrogen and oxygen atoms in total. The molecule has 0 saturated carbocycles. The van der Waals surface area contributed by atoms with Crippen LogP contribution in [0.1, 0.15) is 5.56 Å². The zero-order valence-electron chi connectivity index (χ0n) is 11.2. The van der Waals surface area contributed by atoms with E-state index in [2.05, 4.69) is 32.2 Å². The maximum absolute atomic E-state index is 4.44. The summed E-state index contributed by atoms with van der Waals surface area (Å²) in [4.78, 5) is 12.7. The van der Waals surface area contributed by atoms with Gasteiger partial charge in [-0.15, -0.1) is 0 Å². The first-order valence-electron chi connectivity index (χ1n) is 6.60. The average Bonchev–Trinajstić information content (AvgIpc) is 3.18. The monoisotopic (exact) mass is 276 g/mol. The average molecular weight is 276 g/mol. The second-order valence-corrected chi connectivity index (χ2v) is 4.69. The summed E-state index contributed by atoms with van der Waals surface area (Å²) < 4.78 is 3.74. The molecule has 0 aliphatic carbocycles. The van der Waals surface area contributed by atoms with Gasteiger partial charge in [-0.2, -0.15) is 5.10 Å². The molecule has 1 aromatic carbocycles. The van der Waals surface area contributed by atoms with E-state index in [0.717, 1.165) is 16.9 Å². The zero-order valence-corrected chi connectivity index (χ0v) is 11.2. The summed E-state index contributed by atoms with van der Waals surface area (Å²) in [7, 11) is 0. The number of rotatable bonds is 3. The summed E-state index contributed by atoms with van der Waals surface area (Å²) in [6.07, 6.45) is 8.66. The van der Waals surface area contributed by atoms with Crippen LogP contribution >= 0.6 is 0 Å². The van der Waals surface area contributed by atoms with Crippen molar-refractivity contribution in [2.45, 2.75) is 6.54 Å². The zero-order chi connectivity index (χ0) is 14.1. The molecular weight excluding hydrogens is 264 g/mol. The van der Waals surface area contributed by atoms with Gasteiger partial charge in [0.2, 0.25) is 0 Å². The van der Waals surface area contributed by atoms with Gasteiger partial charge in [0.25, 0.3) is 0 Å². The number of aromatic nitrogens is 6. The van der Waals surface area contributed by atoms with Gasteiger partial charge in [0.1, 0.15) is 12.7 Å². The molecule has 0 spiro atoms. The largest absolute Gasteiger partial charge is 0.290 e. The minimum Gasteiger partial charge on any atom is -0.290 e. The van der Waals surface area contributed by atoms with Crippen LogP contribution in [0, 0.1) is 0 Å². The van der Waals surface area contributed by atoms with E-state index in [1.807, 2.05) is 33.6 Å². The van der Waals surface area contributed by atoms with Crippen molar-refractivity contribution in [2.24, 2.45) is 0 Å². The van der Waals surface area contributed by atoms with E-state index in [0.29, 0.717) is 6.54 Å². The third-order valence-corrected chi connectivity index (χ3v) is 3.34. The second-order valence-electron chi connectivity index (χ2n) is 4.69. The summed E-state index contributed by atoms with van der Waals surface area (Å²) in [5.74, 6) is 0.789. The van der Waals surface area contributed by atoms with Crippen LogP contribution in [0.5, 0.6) is 0 Å². The summed E-state index contributed by atoms with van der Waals surface area (Å²) in [5.41, 5.74) is 2.00. The van der Waals surface area contributed by atoms with Crippen LogP contribution in [0.3, 0.4) is 0 Å². The number of nitrogens with zero attached hydrogens (tertiary/aromatic N) is 6. The van der Waals surface area contributed by atoms with Gasteiger partial charge in [-0.25, -0.2) is 19.6 Å². The van der Waals surface area contributed by atoms with Crippen LogP contribution in [0.15, 0.2) is 61.6 Å². The first kappa shape index (κ1) is 11.8. The summed E-state index contributed by atoms with van der Waals surface area (Å²) in [6.45, 7) is 0.685. The lowest BCUT2D eigenvalue weighted by Gasteiger charge is -2.04. The van der Waals surface area contributed by atoms with Gasteiger partial charge in [-0.3, -0.25) is 4.57 Å². The fourth-order valence-electron chi connectivity index (χ4n) is 2.34. The van der Waals surface area contributed by atoms with Gasteiger partial charge in [0.15, 0.2) is 11.5 Å². The molecule has 6 heteroatoms. The van der Waals surface area contributed by atoms with E-state index in [9.17, 15) is 0 Å². The number of imidazole rings is 1. The molecule has 21 heavy (non-hydrogen) atoms. The first-order chi connectivity index (χ1) is 10.4. The molecule has 0 N–H and O–H groups in total. The van der Waals surface area contributed by atoms with E-state index in [1.54, 1.807) is 25.0 Å². The van der Waals surface area contributed by atoms with Crippen molar-refractivity contribution in [3.63, 3.8) is 0 Å². The predicted octanol–water partition coefficient (Wildman–Crippen LogP) is 2.06. The Bertz CT molecular complexity index is 864. The maximum Gasteiger partial charge on any atom is 0.163 e. The first-order valence-corrected chi connectivity index (χ1v) is 6.60. The number of hydrogen-bond donors (Lipinski definition) is 0. The number of fused-ring (bicyclic) bond motifs is 1. The van der Waals surface area contributed by atoms with Crippen molar-refractivity contribution in [1.29, 1.82) is 0 Å². The Morgan fingerprint density at radius 1 is 1.05 bits per heavy atom. The molecule has 0 amide bonds. The second kappa shape index (κ2) is 4.82. The molecule has 0 radical (unpaired) electrons. The molecule has 3 heterocycles. The lowest BCUT2D eigenvalue weighted by Crippen LogP contribution is -2.03. The standard InChI is InChI=1S/C15H12N6/c1-2-4-12(5-3-1)9-21-15-13(8-19-21)14(17-10-18-15)20-7-6-16-11-20/h1-8,10-11H,9H2. The predicted molar refractivity (Wildman–Crippen MR) is 78.0 cm³/mol. The Kier molecular flexibility index (Phi) is 2.71. The molecule has 3 aromatic heterocycles. The van der Waals surface area contributed by atoms with Crippen molar-refractivity contribution in [2.75, 3.05) is 0 Å². The van der Waals surface area contributed by atoms with Crippen LogP contribution in [-0.2, 0) is 6.54 Å². The normalized spacial score (nSPS) is 11.0. The molecule has 0 bridgehead atoms. The molecule has 0 unspecified atom stereocenters. The van der Waals surface area contributed by atoms with Gasteiger partial charge in [-0.05, 0) is 5.56 Å². The van der Waals surface area contributed by atoms with Crippen LogP contribution < -0.4 is 0 Å². The molecule has 0 atom stereocenters. The highest BCUT2D eigenvalue weighted by Crippen LogP contribution is 2.18. The SMILES string of the molecule is c1ccc(Cn2ncc3c(-n4ccnc4)ncnc32)cc1. The van der Waals surface area contributed by atoms with E-state index >= 15 is 0 Å². The molecule has 0 aliphatic heterocycles. The maximum atomic E-state index is 4.44. The quantitative estimate of drug-likeness (QED) is 0.574. The number of hydrogen-bond acceptors (Lipinski definition) is 4. The van der Waals surface area contributed by atoms with Crippen molar-refractivity contribution in [1.82, 2.24) is 29.3 Å². The number of benzene rings is 1. The third kappa shape index (κ3) is 2.06. The topological polar surface area (TPSA) is 61.4 Å². The van der Waals surface area contributed by atoms with E-state index in [4.69, 9.17) is 0 Å². The highest BCUT2D eigenvalue weighted by Gasteiger charge is 2.11. The molecule has 0 fully saturated rings. The van der Waals surface area contributed by atoms with Gasteiger partial charge >= 0.3 is 0 Å². The van der Waals surface area contributed by atoms with E-state index in [1.165, 1.54) is 5.56 Å². The molecule has 4 aromatic rings. The third-order valence-electron chi connectivity index (χ3n) is 3.34. The van der Waals surface area contributed by atoms with E-state index in [-0.39, 0.29) is 0 Å². The van der Waals surface area contributed by atoms with Gasteiger partial charge < -0.3 is 0 Å². The van der Waals surface area contributed by atoms with Crippen molar-refractivity contribution >= 4 is 11.0 Å². The van der Waals surface area contributed by atoms with Crippen molar-refractivity contribution in [3.8, 4) is 5.82 Å². The highest BCUT2D eigenvalue weighted by atomic mass is 15.3. The van der Waals surface area contributed by atoms with Gasteiger partial charge in [0, 0.05) is 12.4 Å².